The van der Waals surface area contributed by atoms with E-state index in [0.29, 0.717) is 5.89 Å². The summed E-state index contributed by atoms with van der Waals surface area (Å²) in [5, 5.41) is 2.82. The molecule has 0 aromatic carbocycles. The smallest absolute Gasteiger partial charge is 0.223 e. The largest absolute Gasteiger partial charge is 0.340 e. The molecular weight excluding hydrogens is 180 g/mol. The van der Waals surface area contributed by atoms with Gasteiger partial charge >= 0.3 is 0 Å². The Bertz CT molecular complexity index is 368. The Kier molecular flexibility index (Phi) is 2.18. The zero-order chi connectivity index (χ0) is 9.35. The summed E-state index contributed by atoms with van der Waals surface area (Å²) in [6, 6.07) is 0. The fourth-order valence-corrected chi connectivity index (χ4v) is 1.15. The highest BCUT2D eigenvalue weighted by molar-refractivity contribution is 7.90. The quantitative estimate of drug-likeness (QED) is 0.678. The summed E-state index contributed by atoms with van der Waals surface area (Å²) >= 11 is 0. The van der Waals surface area contributed by atoms with Crippen LogP contribution in [0.15, 0.2) is 4.52 Å². The van der Waals surface area contributed by atoms with Crippen LogP contribution in [0.5, 0.6) is 0 Å². The Morgan fingerprint density at radius 1 is 1.50 bits per heavy atom. The summed E-state index contributed by atoms with van der Waals surface area (Å²) in [6.07, 6.45) is 1.14. The van der Waals surface area contributed by atoms with Crippen LogP contribution in [0.3, 0.4) is 0 Å². The molecule has 5 nitrogen and oxygen atoms in total. The molecule has 0 amide bonds. The topological polar surface area (TPSA) is 73.1 Å². The Morgan fingerprint density at radius 3 is 2.42 bits per heavy atom. The van der Waals surface area contributed by atoms with Gasteiger partial charge in [-0.3, -0.25) is 0 Å². The maximum atomic E-state index is 11.0. The van der Waals surface area contributed by atoms with Gasteiger partial charge < -0.3 is 4.52 Å². The first-order valence-corrected chi connectivity index (χ1v) is 5.36. The first-order valence-electron chi connectivity index (χ1n) is 3.40. The van der Waals surface area contributed by atoms with Crippen molar-refractivity contribution in [3.63, 3.8) is 0 Å². The van der Waals surface area contributed by atoms with E-state index < -0.39 is 15.1 Å². The van der Waals surface area contributed by atoms with E-state index in [2.05, 4.69) is 14.7 Å². The van der Waals surface area contributed by atoms with Crippen LogP contribution < -0.4 is 0 Å². The van der Waals surface area contributed by atoms with Gasteiger partial charge in [-0.1, -0.05) is 5.16 Å². The third kappa shape index (κ3) is 1.82. The molecule has 0 saturated carbocycles. The van der Waals surface area contributed by atoms with Crippen LogP contribution in [-0.2, 0) is 9.84 Å². The second kappa shape index (κ2) is 2.85. The van der Waals surface area contributed by atoms with Gasteiger partial charge in [0.05, 0.1) is 0 Å². The predicted molar refractivity (Wildman–Crippen MR) is 42.3 cm³/mol. The van der Waals surface area contributed by atoms with Crippen molar-refractivity contribution >= 4 is 9.84 Å². The average Bonchev–Trinajstić information content (AvgIpc) is 2.32. The van der Waals surface area contributed by atoms with Crippen molar-refractivity contribution < 1.29 is 12.9 Å². The molecule has 12 heavy (non-hydrogen) atoms. The molecule has 0 fully saturated rings. The molecule has 1 aromatic heterocycles. The first kappa shape index (κ1) is 9.18. The number of rotatable bonds is 2. The Labute approximate surface area is 70.7 Å². The fourth-order valence-electron chi connectivity index (χ4n) is 0.672. The van der Waals surface area contributed by atoms with E-state index in [1.807, 2.05) is 0 Å². The SMILES string of the molecule is Cc1nc(C(C)S(C)(=O)=O)no1. The zero-order valence-corrected chi connectivity index (χ0v) is 7.92. The third-order valence-corrected chi connectivity index (χ3v) is 3.04. The monoisotopic (exact) mass is 190 g/mol. The minimum absolute atomic E-state index is 0.218. The number of hydrogen-bond acceptors (Lipinski definition) is 5. The molecule has 0 N–H and O–H groups in total. The molecule has 0 radical (unpaired) electrons. The second-order valence-electron chi connectivity index (χ2n) is 2.64. The minimum atomic E-state index is -3.13. The second-order valence-corrected chi connectivity index (χ2v) is 5.01. The number of aromatic nitrogens is 2. The average molecular weight is 190 g/mol. The normalized spacial score (nSPS) is 14.6. The summed E-state index contributed by atoms with van der Waals surface area (Å²) in [5.74, 6) is 0.593. The van der Waals surface area contributed by atoms with Gasteiger partial charge in [0.15, 0.2) is 15.7 Å². The molecular formula is C6H10N2O3S. The van der Waals surface area contributed by atoms with Crippen molar-refractivity contribution in [3.8, 4) is 0 Å². The fraction of sp³-hybridized carbons (Fsp3) is 0.667. The molecule has 0 aliphatic carbocycles. The Morgan fingerprint density at radius 2 is 2.08 bits per heavy atom. The van der Waals surface area contributed by atoms with Gasteiger partial charge in [-0.25, -0.2) is 8.42 Å². The van der Waals surface area contributed by atoms with Crippen molar-refractivity contribution in [1.29, 1.82) is 0 Å². The molecule has 1 aromatic rings. The highest BCUT2D eigenvalue weighted by Gasteiger charge is 2.21. The summed E-state index contributed by atoms with van der Waals surface area (Å²) < 4.78 is 26.7. The molecule has 0 bridgehead atoms. The van der Waals surface area contributed by atoms with Crippen LogP contribution in [0, 0.1) is 6.92 Å². The van der Waals surface area contributed by atoms with Crippen LogP contribution in [0.1, 0.15) is 23.9 Å². The van der Waals surface area contributed by atoms with Crippen molar-refractivity contribution in [3.05, 3.63) is 11.7 Å². The van der Waals surface area contributed by atoms with E-state index in [9.17, 15) is 8.42 Å². The molecule has 0 aliphatic heterocycles. The molecule has 1 unspecified atom stereocenters. The molecule has 1 heterocycles. The van der Waals surface area contributed by atoms with E-state index in [-0.39, 0.29) is 5.82 Å². The van der Waals surface area contributed by atoms with Gasteiger partial charge in [0.25, 0.3) is 0 Å². The lowest BCUT2D eigenvalue weighted by Crippen LogP contribution is -2.09. The highest BCUT2D eigenvalue weighted by Crippen LogP contribution is 2.16. The zero-order valence-electron chi connectivity index (χ0n) is 7.10. The molecule has 0 aliphatic rings. The molecule has 6 heteroatoms. The van der Waals surface area contributed by atoms with Crippen LogP contribution >= 0.6 is 0 Å². The predicted octanol–water partition coefficient (Wildman–Crippen LogP) is 0.484. The first-order chi connectivity index (χ1) is 5.41. The maximum absolute atomic E-state index is 11.0. The third-order valence-electron chi connectivity index (χ3n) is 1.55. The Hall–Kier alpha value is -0.910. The summed E-state index contributed by atoms with van der Waals surface area (Å²) in [5.41, 5.74) is 0. The molecule has 1 atom stereocenters. The minimum Gasteiger partial charge on any atom is -0.340 e. The van der Waals surface area contributed by atoms with E-state index >= 15 is 0 Å². The maximum Gasteiger partial charge on any atom is 0.223 e. The van der Waals surface area contributed by atoms with Crippen molar-refractivity contribution in [2.24, 2.45) is 0 Å². The van der Waals surface area contributed by atoms with E-state index in [1.54, 1.807) is 6.92 Å². The van der Waals surface area contributed by atoms with Crippen LogP contribution in [0.25, 0.3) is 0 Å². The van der Waals surface area contributed by atoms with Gasteiger partial charge in [-0.15, -0.1) is 0 Å². The van der Waals surface area contributed by atoms with Gasteiger partial charge in [-0.2, -0.15) is 4.98 Å². The number of hydrogen-bond donors (Lipinski definition) is 0. The van der Waals surface area contributed by atoms with Gasteiger partial charge in [0.1, 0.15) is 5.25 Å². The Balaban J connectivity index is 3.01. The number of aryl methyl sites for hydroxylation is 1. The molecule has 1 rings (SSSR count). The highest BCUT2D eigenvalue weighted by atomic mass is 32.2. The van der Waals surface area contributed by atoms with Crippen LogP contribution in [0.2, 0.25) is 0 Å². The van der Waals surface area contributed by atoms with Gasteiger partial charge in [0.2, 0.25) is 5.89 Å². The van der Waals surface area contributed by atoms with Crippen molar-refractivity contribution in [2.75, 3.05) is 6.26 Å². The summed E-state index contributed by atoms with van der Waals surface area (Å²) in [7, 11) is -3.13. The number of nitrogens with zero attached hydrogens (tertiary/aromatic N) is 2. The van der Waals surface area contributed by atoms with Crippen LogP contribution in [0.4, 0.5) is 0 Å². The van der Waals surface area contributed by atoms with Crippen molar-refractivity contribution in [2.45, 2.75) is 19.1 Å². The van der Waals surface area contributed by atoms with Gasteiger partial charge in [-0.05, 0) is 6.92 Å². The van der Waals surface area contributed by atoms with E-state index in [0.717, 1.165) is 6.26 Å². The van der Waals surface area contributed by atoms with Crippen molar-refractivity contribution in [1.82, 2.24) is 10.1 Å². The summed E-state index contributed by atoms with van der Waals surface area (Å²) in [4.78, 5) is 3.82. The van der Waals surface area contributed by atoms with E-state index in [4.69, 9.17) is 0 Å². The van der Waals surface area contributed by atoms with Gasteiger partial charge in [0, 0.05) is 13.2 Å². The lowest BCUT2D eigenvalue weighted by molar-refractivity contribution is 0.387. The number of sulfone groups is 1. The lowest BCUT2D eigenvalue weighted by Gasteiger charge is -2.01. The molecule has 68 valence electrons. The lowest BCUT2D eigenvalue weighted by atomic mass is 10.4. The molecule has 0 spiro atoms. The standard InChI is InChI=1S/C6H10N2O3S/c1-4(12(3,9)10)6-7-5(2)11-8-6/h4H,1-3H3. The summed E-state index contributed by atoms with van der Waals surface area (Å²) in [6.45, 7) is 3.14. The van der Waals surface area contributed by atoms with Crippen LogP contribution in [-0.4, -0.2) is 24.8 Å². The van der Waals surface area contributed by atoms with E-state index in [1.165, 1.54) is 6.92 Å². The molecule has 0 saturated heterocycles.